The molecule has 15 heavy (non-hydrogen) atoms. The number of para-hydroxylation sites is 1. The normalized spacial score (nSPS) is 13.6. The lowest BCUT2D eigenvalue weighted by atomic mass is 10.3. The fourth-order valence-electron chi connectivity index (χ4n) is 1.24. The van der Waals surface area contributed by atoms with Gasteiger partial charge in [-0.2, -0.15) is 11.8 Å². The van der Waals surface area contributed by atoms with Crippen molar-refractivity contribution < 1.29 is 0 Å². The molecule has 2 heteroatoms. The number of nitrogens with one attached hydrogen (secondary N) is 1. The Kier molecular flexibility index (Phi) is 4.52. The van der Waals surface area contributed by atoms with Gasteiger partial charge in [0.2, 0.25) is 0 Å². The van der Waals surface area contributed by atoms with Crippen LogP contribution in [0.1, 0.15) is 27.7 Å². The van der Waals surface area contributed by atoms with E-state index in [0.717, 1.165) is 5.75 Å². The van der Waals surface area contributed by atoms with Crippen molar-refractivity contribution in [2.24, 2.45) is 0 Å². The van der Waals surface area contributed by atoms with Gasteiger partial charge in [0, 0.05) is 22.2 Å². The molecule has 0 spiro atoms. The maximum atomic E-state index is 3.49. The minimum absolute atomic E-state index is 0.354. The molecule has 0 radical (unpaired) electrons. The molecule has 1 atom stereocenters. The predicted octanol–water partition coefficient (Wildman–Crippen LogP) is 4.02. The zero-order chi connectivity index (χ0) is 11.3. The Labute approximate surface area is 97.7 Å². The van der Waals surface area contributed by atoms with Gasteiger partial charge in [-0.15, -0.1) is 0 Å². The van der Waals surface area contributed by atoms with Crippen LogP contribution in [-0.2, 0) is 0 Å². The van der Waals surface area contributed by atoms with Crippen molar-refractivity contribution in [3.8, 4) is 0 Å². The summed E-state index contributed by atoms with van der Waals surface area (Å²) >= 11 is 2.00. The third-order valence-electron chi connectivity index (χ3n) is 1.95. The minimum Gasteiger partial charge on any atom is -0.382 e. The fourth-order valence-corrected chi connectivity index (χ4v) is 2.07. The molecule has 0 saturated heterocycles. The molecule has 0 fully saturated rings. The van der Waals surface area contributed by atoms with Crippen LogP contribution in [0.25, 0.3) is 0 Å². The van der Waals surface area contributed by atoms with Crippen LogP contribution in [0.5, 0.6) is 0 Å². The van der Waals surface area contributed by atoms with Gasteiger partial charge in [-0.05, 0) is 19.1 Å². The van der Waals surface area contributed by atoms with Gasteiger partial charge >= 0.3 is 0 Å². The summed E-state index contributed by atoms with van der Waals surface area (Å²) in [5.41, 5.74) is 1.21. The summed E-state index contributed by atoms with van der Waals surface area (Å²) in [6.07, 6.45) is 0. The molecule has 1 N–H and O–H groups in total. The van der Waals surface area contributed by atoms with E-state index in [-0.39, 0.29) is 0 Å². The van der Waals surface area contributed by atoms with Crippen LogP contribution in [-0.4, -0.2) is 16.5 Å². The van der Waals surface area contributed by atoms with Crippen LogP contribution in [0.3, 0.4) is 0 Å². The highest BCUT2D eigenvalue weighted by molar-refractivity contribution is 8.00. The van der Waals surface area contributed by atoms with Crippen molar-refractivity contribution in [2.45, 2.75) is 38.5 Å². The molecular formula is C13H21NS. The Balaban J connectivity index is 2.34. The molecule has 0 aliphatic heterocycles. The van der Waals surface area contributed by atoms with Crippen LogP contribution < -0.4 is 5.32 Å². The Hall–Kier alpha value is -0.630. The van der Waals surface area contributed by atoms with Crippen molar-refractivity contribution in [1.29, 1.82) is 0 Å². The Morgan fingerprint density at radius 2 is 1.80 bits per heavy atom. The van der Waals surface area contributed by atoms with E-state index in [1.807, 2.05) is 17.8 Å². The van der Waals surface area contributed by atoms with Crippen LogP contribution >= 0.6 is 11.8 Å². The molecule has 0 heterocycles. The van der Waals surface area contributed by atoms with Crippen molar-refractivity contribution >= 4 is 17.4 Å². The molecule has 1 nitrogen and oxygen atoms in total. The molecule has 1 unspecified atom stereocenters. The third kappa shape index (κ3) is 5.73. The molecule has 0 bridgehead atoms. The highest BCUT2D eigenvalue weighted by Gasteiger charge is 2.12. The summed E-state index contributed by atoms with van der Waals surface area (Å²) in [5, 5.41) is 3.49. The summed E-state index contributed by atoms with van der Waals surface area (Å²) < 4.78 is 0.354. The first kappa shape index (κ1) is 12.4. The van der Waals surface area contributed by atoms with E-state index in [4.69, 9.17) is 0 Å². The average Bonchev–Trinajstić information content (AvgIpc) is 2.15. The summed E-state index contributed by atoms with van der Waals surface area (Å²) in [7, 11) is 0. The van der Waals surface area contributed by atoms with Gasteiger partial charge in [0.05, 0.1) is 0 Å². The maximum Gasteiger partial charge on any atom is 0.0342 e. The maximum absolute atomic E-state index is 3.49. The van der Waals surface area contributed by atoms with Gasteiger partial charge < -0.3 is 5.32 Å². The molecular weight excluding hydrogens is 202 g/mol. The SMILES string of the molecule is CC(CSC(C)(C)C)Nc1ccccc1. The highest BCUT2D eigenvalue weighted by Crippen LogP contribution is 2.24. The topological polar surface area (TPSA) is 12.0 Å². The second-order valence-corrected chi connectivity index (χ2v) is 6.68. The molecule has 1 rings (SSSR count). The van der Waals surface area contributed by atoms with Crippen LogP contribution in [0.15, 0.2) is 30.3 Å². The third-order valence-corrected chi connectivity index (χ3v) is 3.49. The van der Waals surface area contributed by atoms with Gasteiger partial charge in [-0.1, -0.05) is 39.0 Å². The van der Waals surface area contributed by atoms with Crippen molar-refractivity contribution in [2.75, 3.05) is 11.1 Å². The zero-order valence-electron chi connectivity index (χ0n) is 10.1. The van der Waals surface area contributed by atoms with Gasteiger partial charge in [0.15, 0.2) is 0 Å². The number of benzene rings is 1. The Morgan fingerprint density at radius 3 is 2.33 bits per heavy atom. The summed E-state index contributed by atoms with van der Waals surface area (Å²) in [4.78, 5) is 0. The van der Waals surface area contributed by atoms with E-state index in [1.54, 1.807) is 0 Å². The summed E-state index contributed by atoms with van der Waals surface area (Å²) in [5.74, 6) is 1.14. The van der Waals surface area contributed by atoms with E-state index in [9.17, 15) is 0 Å². The van der Waals surface area contributed by atoms with Gasteiger partial charge in [-0.3, -0.25) is 0 Å². The molecule has 0 amide bonds. The van der Waals surface area contributed by atoms with E-state index in [1.165, 1.54) is 5.69 Å². The van der Waals surface area contributed by atoms with Gasteiger partial charge in [0.1, 0.15) is 0 Å². The van der Waals surface area contributed by atoms with E-state index in [0.29, 0.717) is 10.8 Å². The van der Waals surface area contributed by atoms with Crippen LogP contribution in [0.4, 0.5) is 5.69 Å². The quantitative estimate of drug-likeness (QED) is 0.827. The second-order valence-electron chi connectivity index (χ2n) is 4.83. The first-order valence-corrected chi connectivity index (χ1v) is 6.41. The van der Waals surface area contributed by atoms with E-state index >= 15 is 0 Å². The standard InChI is InChI=1S/C13H21NS/c1-11(10-15-13(2,3)4)14-12-8-6-5-7-9-12/h5-9,11,14H,10H2,1-4H3. The average molecular weight is 223 g/mol. The van der Waals surface area contributed by atoms with Crippen LogP contribution in [0.2, 0.25) is 0 Å². The zero-order valence-corrected chi connectivity index (χ0v) is 10.9. The molecule has 0 aromatic heterocycles. The molecule has 0 aliphatic rings. The highest BCUT2D eigenvalue weighted by atomic mass is 32.2. The van der Waals surface area contributed by atoms with Gasteiger partial charge in [-0.25, -0.2) is 0 Å². The lowest BCUT2D eigenvalue weighted by Gasteiger charge is -2.21. The Bertz CT molecular complexity index is 276. The fraction of sp³-hybridized carbons (Fsp3) is 0.538. The number of thioether (sulfide) groups is 1. The molecule has 1 aromatic carbocycles. The lowest BCUT2D eigenvalue weighted by molar-refractivity contribution is 0.794. The minimum atomic E-state index is 0.354. The smallest absolute Gasteiger partial charge is 0.0342 e. The summed E-state index contributed by atoms with van der Waals surface area (Å²) in [6, 6.07) is 10.9. The van der Waals surface area contributed by atoms with Crippen molar-refractivity contribution in [3.63, 3.8) is 0 Å². The first-order chi connectivity index (χ1) is 6.97. The molecule has 0 aliphatic carbocycles. The second kappa shape index (κ2) is 5.45. The van der Waals surface area contributed by atoms with Crippen molar-refractivity contribution in [3.05, 3.63) is 30.3 Å². The molecule has 1 aromatic rings. The monoisotopic (exact) mass is 223 g/mol. The van der Waals surface area contributed by atoms with Gasteiger partial charge in [0.25, 0.3) is 0 Å². The number of anilines is 1. The van der Waals surface area contributed by atoms with E-state index in [2.05, 4.69) is 57.3 Å². The molecule has 84 valence electrons. The van der Waals surface area contributed by atoms with Crippen molar-refractivity contribution in [1.82, 2.24) is 0 Å². The largest absolute Gasteiger partial charge is 0.382 e. The number of rotatable bonds is 4. The number of hydrogen-bond acceptors (Lipinski definition) is 2. The van der Waals surface area contributed by atoms with Crippen LogP contribution in [0, 0.1) is 0 Å². The molecule has 0 saturated carbocycles. The lowest BCUT2D eigenvalue weighted by Crippen LogP contribution is -2.21. The first-order valence-electron chi connectivity index (χ1n) is 5.43. The number of hydrogen-bond donors (Lipinski definition) is 1. The Morgan fingerprint density at radius 1 is 1.20 bits per heavy atom. The predicted molar refractivity (Wildman–Crippen MR) is 71.7 cm³/mol. The van der Waals surface area contributed by atoms with E-state index < -0.39 is 0 Å². The summed E-state index contributed by atoms with van der Waals surface area (Å²) in [6.45, 7) is 9.00.